The summed E-state index contributed by atoms with van der Waals surface area (Å²) in [5, 5.41) is 0. The predicted molar refractivity (Wildman–Crippen MR) is 101 cm³/mol. The van der Waals surface area contributed by atoms with Crippen LogP contribution in [0.2, 0.25) is 0 Å². The molecule has 0 bridgehead atoms. The van der Waals surface area contributed by atoms with Crippen LogP contribution in [0.5, 0.6) is 0 Å². The van der Waals surface area contributed by atoms with Gasteiger partial charge in [-0.05, 0) is 38.5 Å². The van der Waals surface area contributed by atoms with Gasteiger partial charge < -0.3 is 10.6 Å². The minimum atomic E-state index is -0.174. The lowest BCUT2D eigenvalue weighted by Gasteiger charge is -2.39. The summed E-state index contributed by atoms with van der Waals surface area (Å²) in [6, 6.07) is 0.365. The van der Waals surface area contributed by atoms with E-state index in [1.165, 1.54) is 0 Å². The number of primary amides is 1. The van der Waals surface area contributed by atoms with Crippen LogP contribution in [-0.4, -0.2) is 63.7 Å². The number of aromatic nitrogens is 3. The highest BCUT2D eigenvalue weighted by atomic mass is 32.2. The van der Waals surface area contributed by atoms with Crippen molar-refractivity contribution in [1.82, 2.24) is 19.9 Å². The zero-order chi connectivity index (χ0) is 17.4. The maximum absolute atomic E-state index is 11.7. The highest BCUT2D eigenvalue weighted by Crippen LogP contribution is 2.34. The number of rotatable bonds is 4. The van der Waals surface area contributed by atoms with Gasteiger partial charge >= 0.3 is 0 Å². The van der Waals surface area contributed by atoms with Crippen molar-refractivity contribution in [1.29, 1.82) is 0 Å². The van der Waals surface area contributed by atoms with Crippen LogP contribution in [0.1, 0.15) is 25.7 Å². The number of thioether (sulfide) groups is 1. The van der Waals surface area contributed by atoms with E-state index in [0.717, 1.165) is 65.8 Å². The molecular formula is C16H22N6OS2. The SMILES string of the molecule is CSc1nc2ncnc(N3CCC(N4CCCC4C(N)=O)CC3)c2s1. The fourth-order valence-electron chi connectivity index (χ4n) is 3.98. The molecule has 1 unspecified atom stereocenters. The molecule has 2 aromatic rings. The molecule has 134 valence electrons. The number of piperidine rings is 1. The second-order valence-corrected chi connectivity index (χ2v) is 8.60. The minimum Gasteiger partial charge on any atom is -0.368 e. The summed E-state index contributed by atoms with van der Waals surface area (Å²) in [7, 11) is 0. The Morgan fingerprint density at radius 2 is 2.08 bits per heavy atom. The van der Waals surface area contributed by atoms with Crippen molar-refractivity contribution < 1.29 is 4.79 Å². The first-order valence-electron chi connectivity index (χ1n) is 8.63. The molecule has 2 N–H and O–H groups in total. The molecule has 2 saturated heterocycles. The first-order valence-corrected chi connectivity index (χ1v) is 10.7. The summed E-state index contributed by atoms with van der Waals surface area (Å²) in [5.74, 6) is 0.820. The second-order valence-electron chi connectivity index (χ2n) is 6.55. The molecule has 0 aliphatic carbocycles. The Hall–Kier alpha value is -1.45. The quantitative estimate of drug-likeness (QED) is 0.811. The first-order chi connectivity index (χ1) is 12.2. The zero-order valence-electron chi connectivity index (χ0n) is 14.2. The molecule has 2 fully saturated rings. The summed E-state index contributed by atoms with van der Waals surface area (Å²) >= 11 is 3.30. The minimum absolute atomic E-state index is 0.0760. The molecule has 0 spiro atoms. The standard InChI is InChI=1S/C16H22N6OS2/c1-24-16-20-14-12(25-16)15(19-9-18-14)21-7-4-10(5-8-21)22-6-2-3-11(22)13(17)23/h9-11H,2-8H2,1H3,(H2,17,23). The van der Waals surface area contributed by atoms with Crippen LogP contribution in [0.25, 0.3) is 10.3 Å². The fraction of sp³-hybridized carbons (Fsp3) is 0.625. The number of thiazole rings is 1. The monoisotopic (exact) mass is 378 g/mol. The van der Waals surface area contributed by atoms with Gasteiger partial charge in [0.15, 0.2) is 15.8 Å². The summed E-state index contributed by atoms with van der Waals surface area (Å²) in [5.41, 5.74) is 6.36. The third-order valence-electron chi connectivity index (χ3n) is 5.18. The van der Waals surface area contributed by atoms with Gasteiger partial charge in [0.05, 0.1) is 6.04 Å². The average Bonchev–Trinajstić information content (AvgIpc) is 3.28. The van der Waals surface area contributed by atoms with E-state index in [1.807, 2.05) is 6.26 Å². The van der Waals surface area contributed by atoms with Gasteiger partial charge in [-0.2, -0.15) is 0 Å². The van der Waals surface area contributed by atoms with E-state index in [1.54, 1.807) is 29.4 Å². The van der Waals surface area contributed by atoms with Gasteiger partial charge in [0.1, 0.15) is 11.0 Å². The van der Waals surface area contributed by atoms with E-state index >= 15 is 0 Å². The van der Waals surface area contributed by atoms with Crippen molar-refractivity contribution in [2.45, 2.75) is 42.1 Å². The Bertz CT molecular complexity index is 773. The Morgan fingerprint density at radius 1 is 1.28 bits per heavy atom. The van der Waals surface area contributed by atoms with Crippen LogP contribution >= 0.6 is 23.1 Å². The number of amides is 1. The lowest BCUT2D eigenvalue weighted by atomic mass is 10.0. The van der Waals surface area contributed by atoms with Crippen LogP contribution in [0.15, 0.2) is 10.7 Å². The van der Waals surface area contributed by atoms with Crippen LogP contribution in [0, 0.1) is 0 Å². The van der Waals surface area contributed by atoms with Crippen molar-refractivity contribution in [3.63, 3.8) is 0 Å². The first kappa shape index (κ1) is 17.0. The summed E-state index contributed by atoms with van der Waals surface area (Å²) in [6.45, 7) is 2.86. The van der Waals surface area contributed by atoms with E-state index in [2.05, 4.69) is 24.8 Å². The van der Waals surface area contributed by atoms with Crippen molar-refractivity contribution in [2.24, 2.45) is 5.73 Å². The molecule has 2 aliphatic rings. The van der Waals surface area contributed by atoms with Crippen molar-refractivity contribution in [2.75, 3.05) is 30.8 Å². The van der Waals surface area contributed by atoms with Crippen molar-refractivity contribution >= 4 is 45.2 Å². The van der Waals surface area contributed by atoms with Crippen molar-refractivity contribution in [3.05, 3.63) is 6.33 Å². The maximum Gasteiger partial charge on any atom is 0.234 e. The maximum atomic E-state index is 11.7. The molecule has 25 heavy (non-hydrogen) atoms. The van der Waals surface area contributed by atoms with Crippen LogP contribution in [0.4, 0.5) is 5.82 Å². The molecular weight excluding hydrogens is 356 g/mol. The molecule has 1 atom stereocenters. The Balaban J connectivity index is 1.49. The van der Waals surface area contributed by atoms with E-state index < -0.39 is 0 Å². The highest BCUT2D eigenvalue weighted by Gasteiger charge is 2.36. The van der Waals surface area contributed by atoms with Gasteiger partial charge in [-0.15, -0.1) is 11.3 Å². The summed E-state index contributed by atoms with van der Waals surface area (Å²) < 4.78 is 2.09. The van der Waals surface area contributed by atoms with Crippen molar-refractivity contribution in [3.8, 4) is 0 Å². The molecule has 1 amide bonds. The Kier molecular flexibility index (Phi) is 4.79. The second kappa shape index (κ2) is 7.05. The van der Waals surface area contributed by atoms with Crippen LogP contribution < -0.4 is 10.6 Å². The average molecular weight is 379 g/mol. The molecule has 0 saturated carbocycles. The largest absolute Gasteiger partial charge is 0.368 e. The number of likely N-dealkylation sites (tertiary alicyclic amines) is 1. The molecule has 2 aromatic heterocycles. The molecule has 0 aromatic carbocycles. The molecule has 0 radical (unpaired) electrons. The number of fused-ring (bicyclic) bond motifs is 1. The number of carbonyl (C=O) groups excluding carboxylic acids is 1. The van der Waals surface area contributed by atoms with E-state index in [0.29, 0.717) is 6.04 Å². The van der Waals surface area contributed by atoms with Gasteiger partial charge in [0.25, 0.3) is 0 Å². The third-order valence-corrected chi connectivity index (χ3v) is 7.21. The van der Waals surface area contributed by atoms with Gasteiger partial charge in [-0.25, -0.2) is 15.0 Å². The van der Waals surface area contributed by atoms with E-state index in [9.17, 15) is 4.79 Å². The van der Waals surface area contributed by atoms with E-state index in [-0.39, 0.29) is 11.9 Å². The van der Waals surface area contributed by atoms with Crippen LogP contribution in [-0.2, 0) is 4.79 Å². The number of hydrogen-bond donors (Lipinski definition) is 1. The van der Waals surface area contributed by atoms with E-state index in [4.69, 9.17) is 5.73 Å². The fourth-order valence-corrected chi connectivity index (χ4v) is 5.51. The predicted octanol–water partition coefficient (Wildman–Crippen LogP) is 1.73. The number of carbonyl (C=O) groups is 1. The zero-order valence-corrected chi connectivity index (χ0v) is 15.9. The summed E-state index contributed by atoms with van der Waals surface area (Å²) in [4.78, 5) is 29.7. The van der Waals surface area contributed by atoms with Gasteiger partial charge in [-0.3, -0.25) is 9.69 Å². The molecule has 4 rings (SSSR count). The Morgan fingerprint density at radius 3 is 2.80 bits per heavy atom. The number of hydrogen-bond acceptors (Lipinski definition) is 8. The van der Waals surface area contributed by atoms with Gasteiger partial charge in [0.2, 0.25) is 5.91 Å². The molecule has 4 heterocycles. The highest BCUT2D eigenvalue weighted by molar-refractivity contribution is 8.00. The molecule has 9 heteroatoms. The topological polar surface area (TPSA) is 88.2 Å². The van der Waals surface area contributed by atoms with Gasteiger partial charge in [-0.1, -0.05) is 11.8 Å². The van der Waals surface area contributed by atoms with Gasteiger partial charge in [0, 0.05) is 19.1 Å². The molecule has 7 nitrogen and oxygen atoms in total. The number of nitrogens with zero attached hydrogens (tertiary/aromatic N) is 5. The number of anilines is 1. The third kappa shape index (κ3) is 3.20. The lowest BCUT2D eigenvalue weighted by molar-refractivity contribution is -0.123. The Labute approximate surface area is 155 Å². The normalized spacial score (nSPS) is 22.8. The summed E-state index contributed by atoms with van der Waals surface area (Å²) in [6.07, 6.45) is 7.67. The molecule has 2 aliphatic heterocycles. The lowest BCUT2D eigenvalue weighted by Crippen LogP contribution is -2.50. The number of nitrogens with two attached hydrogens (primary N) is 1. The smallest absolute Gasteiger partial charge is 0.234 e. The van der Waals surface area contributed by atoms with Crippen LogP contribution in [0.3, 0.4) is 0 Å².